The zero-order valence-electron chi connectivity index (χ0n) is 10.2. The van der Waals surface area contributed by atoms with Crippen molar-refractivity contribution < 1.29 is 10.2 Å². The van der Waals surface area contributed by atoms with E-state index in [1.165, 1.54) is 6.42 Å². The monoisotopic (exact) mass is 214 g/mol. The lowest BCUT2D eigenvalue weighted by Gasteiger charge is -2.32. The van der Waals surface area contributed by atoms with Crippen LogP contribution in [0.25, 0.3) is 0 Å². The molecule has 0 aromatic carbocycles. The van der Waals surface area contributed by atoms with Crippen molar-refractivity contribution in [2.75, 3.05) is 0 Å². The van der Waals surface area contributed by atoms with E-state index in [9.17, 15) is 10.2 Å². The molecule has 1 rings (SSSR count). The Labute approximate surface area is 93.7 Å². The highest BCUT2D eigenvalue weighted by atomic mass is 16.3. The average Bonchev–Trinajstić information content (AvgIpc) is 2.15. The molecule has 1 aliphatic carbocycles. The third-order valence-electron chi connectivity index (χ3n) is 3.47. The summed E-state index contributed by atoms with van der Waals surface area (Å²) in [5.41, 5.74) is -0.462. The van der Waals surface area contributed by atoms with Gasteiger partial charge in [0, 0.05) is 0 Å². The van der Waals surface area contributed by atoms with Crippen LogP contribution < -0.4 is 0 Å². The highest BCUT2D eigenvalue weighted by molar-refractivity contribution is 4.82. The molecule has 1 aliphatic rings. The third kappa shape index (κ3) is 4.98. The van der Waals surface area contributed by atoms with Gasteiger partial charge in [0.2, 0.25) is 0 Å². The molecule has 2 heteroatoms. The normalized spacial score (nSPS) is 23.0. The lowest BCUT2D eigenvalue weighted by atomic mass is 9.81. The number of hydrogen-bond acceptors (Lipinski definition) is 2. The fraction of sp³-hybridized carbons (Fsp3) is 1.00. The van der Waals surface area contributed by atoms with Crippen molar-refractivity contribution in [3.63, 3.8) is 0 Å². The predicted octanol–water partition coefficient (Wildman–Crippen LogP) is 2.87. The van der Waals surface area contributed by atoms with E-state index in [1.807, 2.05) is 0 Å². The molecule has 0 spiro atoms. The van der Waals surface area contributed by atoms with Gasteiger partial charge in [-0.2, -0.15) is 0 Å². The topological polar surface area (TPSA) is 40.5 Å². The number of aliphatic hydroxyl groups is 2. The van der Waals surface area contributed by atoms with Crippen LogP contribution in [0.3, 0.4) is 0 Å². The summed E-state index contributed by atoms with van der Waals surface area (Å²) in [6.07, 6.45) is 7.59. The summed E-state index contributed by atoms with van der Waals surface area (Å²) >= 11 is 0. The second kappa shape index (κ2) is 5.86. The largest absolute Gasteiger partial charge is 0.393 e. The van der Waals surface area contributed by atoms with Crippen molar-refractivity contribution in [3.05, 3.63) is 0 Å². The first-order valence-electron chi connectivity index (χ1n) is 6.42. The molecule has 2 N–H and O–H groups in total. The maximum atomic E-state index is 10.2. The van der Waals surface area contributed by atoms with Crippen molar-refractivity contribution in [1.29, 1.82) is 0 Å². The molecule has 0 saturated heterocycles. The second-order valence-corrected chi connectivity index (χ2v) is 5.61. The van der Waals surface area contributed by atoms with Crippen LogP contribution in [0.1, 0.15) is 65.2 Å². The van der Waals surface area contributed by atoms with Gasteiger partial charge in [0.05, 0.1) is 11.7 Å². The SMILES string of the molecule is CC(C)CC(O)CCC1(O)CCCCC1. The minimum absolute atomic E-state index is 0.226. The van der Waals surface area contributed by atoms with Crippen molar-refractivity contribution in [2.45, 2.75) is 76.9 Å². The van der Waals surface area contributed by atoms with Crippen molar-refractivity contribution >= 4 is 0 Å². The van der Waals surface area contributed by atoms with Gasteiger partial charge in [-0.3, -0.25) is 0 Å². The van der Waals surface area contributed by atoms with E-state index < -0.39 is 5.60 Å². The molecular weight excluding hydrogens is 188 g/mol. The summed E-state index contributed by atoms with van der Waals surface area (Å²) in [6, 6.07) is 0. The van der Waals surface area contributed by atoms with Crippen LogP contribution in [0.2, 0.25) is 0 Å². The zero-order chi connectivity index (χ0) is 11.3. The first kappa shape index (κ1) is 13.0. The predicted molar refractivity (Wildman–Crippen MR) is 62.7 cm³/mol. The quantitative estimate of drug-likeness (QED) is 0.739. The van der Waals surface area contributed by atoms with E-state index >= 15 is 0 Å². The number of rotatable bonds is 5. The molecule has 0 aromatic rings. The van der Waals surface area contributed by atoms with E-state index in [0.29, 0.717) is 5.92 Å². The molecule has 1 saturated carbocycles. The van der Waals surface area contributed by atoms with Gasteiger partial charge >= 0.3 is 0 Å². The maximum Gasteiger partial charge on any atom is 0.0648 e. The molecule has 0 bridgehead atoms. The third-order valence-corrected chi connectivity index (χ3v) is 3.47. The standard InChI is InChI=1S/C13H26O2/c1-11(2)10-12(14)6-9-13(15)7-4-3-5-8-13/h11-12,14-15H,3-10H2,1-2H3. The summed E-state index contributed by atoms with van der Waals surface area (Å²) < 4.78 is 0. The summed E-state index contributed by atoms with van der Waals surface area (Å²) in [4.78, 5) is 0. The van der Waals surface area contributed by atoms with Gasteiger partial charge < -0.3 is 10.2 Å². The van der Waals surface area contributed by atoms with Gasteiger partial charge in [0.15, 0.2) is 0 Å². The molecule has 0 aliphatic heterocycles. The van der Waals surface area contributed by atoms with Crippen LogP contribution in [-0.4, -0.2) is 21.9 Å². The Bertz CT molecular complexity index is 171. The Morgan fingerprint density at radius 1 is 1.13 bits per heavy atom. The van der Waals surface area contributed by atoms with Crippen LogP contribution in [-0.2, 0) is 0 Å². The minimum atomic E-state index is -0.462. The Morgan fingerprint density at radius 2 is 1.73 bits per heavy atom. The first-order valence-corrected chi connectivity index (χ1v) is 6.42. The van der Waals surface area contributed by atoms with Gasteiger partial charge in [0.1, 0.15) is 0 Å². The molecule has 0 heterocycles. The van der Waals surface area contributed by atoms with E-state index in [4.69, 9.17) is 0 Å². The molecule has 0 amide bonds. The molecule has 2 nitrogen and oxygen atoms in total. The van der Waals surface area contributed by atoms with Crippen LogP contribution in [0.4, 0.5) is 0 Å². The second-order valence-electron chi connectivity index (χ2n) is 5.61. The Morgan fingerprint density at radius 3 is 2.27 bits per heavy atom. The molecule has 90 valence electrons. The van der Waals surface area contributed by atoms with Crippen LogP contribution in [0, 0.1) is 5.92 Å². The van der Waals surface area contributed by atoms with E-state index in [0.717, 1.165) is 44.9 Å². The maximum absolute atomic E-state index is 10.2. The Hall–Kier alpha value is -0.0800. The summed E-state index contributed by atoms with van der Waals surface area (Å²) in [5.74, 6) is 0.543. The van der Waals surface area contributed by atoms with Gasteiger partial charge in [-0.05, 0) is 38.0 Å². The highest BCUT2D eigenvalue weighted by Crippen LogP contribution is 2.32. The molecule has 0 aromatic heterocycles. The smallest absolute Gasteiger partial charge is 0.0648 e. The van der Waals surface area contributed by atoms with Crippen LogP contribution >= 0.6 is 0 Å². The Balaban J connectivity index is 2.22. The first-order chi connectivity index (χ1) is 7.02. The molecule has 1 fully saturated rings. The molecule has 1 unspecified atom stereocenters. The van der Waals surface area contributed by atoms with Gasteiger partial charge in [-0.1, -0.05) is 33.1 Å². The fourth-order valence-corrected chi connectivity index (χ4v) is 2.56. The molecule has 15 heavy (non-hydrogen) atoms. The highest BCUT2D eigenvalue weighted by Gasteiger charge is 2.29. The lowest BCUT2D eigenvalue weighted by molar-refractivity contribution is -0.0171. The summed E-state index contributed by atoms with van der Waals surface area (Å²) in [7, 11) is 0. The Kier molecular flexibility index (Phi) is 5.07. The molecular formula is C13H26O2. The van der Waals surface area contributed by atoms with Crippen molar-refractivity contribution in [2.24, 2.45) is 5.92 Å². The van der Waals surface area contributed by atoms with Crippen LogP contribution in [0.15, 0.2) is 0 Å². The zero-order valence-corrected chi connectivity index (χ0v) is 10.2. The van der Waals surface area contributed by atoms with E-state index in [-0.39, 0.29) is 6.10 Å². The van der Waals surface area contributed by atoms with E-state index in [2.05, 4.69) is 13.8 Å². The summed E-state index contributed by atoms with van der Waals surface area (Å²) in [5, 5.41) is 20.0. The summed E-state index contributed by atoms with van der Waals surface area (Å²) in [6.45, 7) is 4.25. The molecule has 1 atom stereocenters. The minimum Gasteiger partial charge on any atom is -0.393 e. The fourth-order valence-electron chi connectivity index (χ4n) is 2.56. The van der Waals surface area contributed by atoms with Gasteiger partial charge in [-0.15, -0.1) is 0 Å². The average molecular weight is 214 g/mol. The van der Waals surface area contributed by atoms with Gasteiger partial charge in [0.25, 0.3) is 0 Å². The number of aliphatic hydroxyl groups excluding tert-OH is 1. The van der Waals surface area contributed by atoms with Crippen molar-refractivity contribution in [3.8, 4) is 0 Å². The lowest BCUT2D eigenvalue weighted by Crippen LogP contribution is -2.32. The van der Waals surface area contributed by atoms with E-state index in [1.54, 1.807) is 0 Å². The molecule has 0 radical (unpaired) electrons. The van der Waals surface area contributed by atoms with Crippen molar-refractivity contribution in [1.82, 2.24) is 0 Å². The van der Waals surface area contributed by atoms with Gasteiger partial charge in [-0.25, -0.2) is 0 Å². The number of hydrogen-bond donors (Lipinski definition) is 2. The van der Waals surface area contributed by atoms with Crippen LogP contribution in [0.5, 0.6) is 0 Å².